The number of aromatic nitrogens is 1. The highest BCUT2D eigenvalue weighted by molar-refractivity contribution is 8.00. The molecule has 0 N–H and O–H groups in total. The van der Waals surface area contributed by atoms with Gasteiger partial charge in [0.25, 0.3) is 0 Å². The monoisotopic (exact) mass is 472 g/mol. The first kappa shape index (κ1) is 20.8. The maximum atomic E-state index is 13.2. The predicted molar refractivity (Wildman–Crippen MR) is 125 cm³/mol. The minimum absolute atomic E-state index is 0.0144. The van der Waals surface area contributed by atoms with E-state index in [0.29, 0.717) is 49.3 Å². The number of morpholine rings is 1. The molecule has 32 heavy (non-hydrogen) atoms. The molecule has 1 amide bonds. The lowest BCUT2D eigenvalue weighted by Crippen LogP contribution is -2.43. The van der Waals surface area contributed by atoms with Gasteiger partial charge in [-0.1, -0.05) is 29.5 Å². The van der Waals surface area contributed by atoms with Gasteiger partial charge in [0.1, 0.15) is 12.3 Å². The fraction of sp³-hybridized carbons (Fsp3) is 0.583. The fourth-order valence-corrected chi connectivity index (χ4v) is 9.55. The molecule has 2 bridgehead atoms. The Morgan fingerprint density at radius 2 is 1.97 bits per heavy atom. The number of benzene rings is 1. The lowest BCUT2D eigenvalue weighted by Gasteiger charge is -2.41. The van der Waals surface area contributed by atoms with E-state index in [1.54, 1.807) is 11.7 Å². The third kappa shape index (κ3) is 3.25. The summed E-state index contributed by atoms with van der Waals surface area (Å²) in [6.07, 6.45) is 3.87. The summed E-state index contributed by atoms with van der Waals surface area (Å²) in [7, 11) is 1.73. The standard InChI is InChI=1S/C24H28N2O4S2/c1-29-17-5-3-2-4-16(17)20-19-14-6-7-15(12-14)21(19)31-23-22(20)32-24(28)26(23)13-18(27)25-8-10-30-11-9-25/h2-5,14-15,19-21H,6-13H2,1H3/t14?,15?,19?,20-,21?/m0/s1. The van der Waals surface area contributed by atoms with E-state index in [1.807, 2.05) is 28.8 Å². The minimum atomic E-state index is -0.0173. The molecule has 2 aromatic rings. The SMILES string of the molecule is COc1ccccc1[C@@H]1c2sc(=O)n(CC(=O)N3CCOCC3)c2SC2C3CCC(C3)C21. The van der Waals surface area contributed by atoms with Gasteiger partial charge < -0.3 is 14.4 Å². The summed E-state index contributed by atoms with van der Waals surface area (Å²) in [5, 5.41) is 1.53. The van der Waals surface area contributed by atoms with Gasteiger partial charge in [0.05, 0.1) is 25.3 Å². The summed E-state index contributed by atoms with van der Waals surface area (Å²) in [5.41, 5.74) is 1.19. The second-order valence-electron chi connectivity index (χ2n) is 9.33. The van der Waals surface area contributed by atoms with Gasteiger partial charge in [-0.2, -0.15) is 0 Å². The van der Waals surface area contributed by atoms with Gasteiger partial charge >= 0.3 is 4.87 Å². The molecule has 6 nitrogen and oxygen atoms in total. The number of amides is 1. The van der Waals surface area contributed by atoms with Crippen molar-refractivity contribution in [1.29, 1.82) is 0 Å². The zero-order valence-electron chi connectivity index (χ0n) is 18.2. The van der Waals surface area contributed by atoms with E-state index < -0.39 is 0 Å². The zero-order chi connectivity index (χ0) is 21.8. The molecule has 1 saturated heterocycles. The number of carbonyl (C=O) groups is 1. The van der Waals surface area contributed by atoms with Crippen LogP contribution in [0.1, 0.15) is 35.6 Å². The van der Waals surface area contributed by atoms with Gasteiger partial charge in [0, 0.05) is 34.7 Å². The zero-order valence-corrected chi connectivity index (χ0v) is 19.8. The average Bonchev–Trinajstić information content (AvgIpc) is 3.52. The molecule has 8 heteroatoms. The van der Waals surface area contributed by atoms with Crippen LogP contribution in [0.15, 0.2) is 34.1 Å². The number of methoxy groups -OCH3 is 1. The Bertz CT molecular complexity index is 1090. The number of thioether (sulfide) groups is 1. The van der Waals surface area contributed by atoms with Gasteiger partial charge in [-0.25, -0.2) is 0 Å². The van der Waals surface area contributed by atoms with Crippen molar-refractivity contribution in [2.24, 2.45) is 17.8 Å². The van der Waals surface area contributed by atoms with Gasteiger partial charge in [-0.05, 0) is 43.1 Å². The number of thiazole rings is 1. The van der Waals surface area contributed by atoms with Crippen molar-refractivity contribution in [1.82, 2.24) is 9.47 Å². The van der Waals surface area contributed by atoms with Gasteiger partial charge in [0.15, 0.2) is 0 Å². The van der Waals surface area contributed by atoms with Crippen LogP contribution < -0.4 is 9.61 Å². The molecule has 3 fully saturated rings. The Balaban J connectivity index is 1.42. The van der Waals surface area contributed by atoms with Crippen molar-refractivity contribution >= 4 is 29.0 Å². The summed E-state index contributed by atoms with van der Waals surface area (Å²) in [6.45, 7) is 2.47. The van der Waals surface area contributed by atoms with Crippen LogP contribution in [-0.2, 0) is 16.1 Å². The number of hydrogen-bond donors (Lipinski definition) is 0. The molecule has 6 rings (SSSR count). The molecule has 4 unspecified atom stereocenters. The van der Waals surface area contributed by atoms with Crippen molar-refractivity contribution in [2.75, 3.05) is 33.4 Å². The molecule has 1 aromatic carbocycles. The van der Waals surface area contributed by atoms with Gasteiger partial charge in [-0.15, -0.1) is 11.8 Å². The molecule has 2 aliphatic carbocycles. The number of hydrogen-bond acceptors (Lipinski definition) is 6. The molecule has 3 heterocycles. The number of fused-ring (bicyclic) bond motifs is 6. The molecule has 1 aromatic heterocycles. The Hall–Kier alpha value is -1.77. The van der Waals surface area contributed by atoms with E-state index in [2.05, 4.69) is 12.1 Å². The number of carbonyl (C=O) groups excluding carboxylic acids is 1. The van der Waals surface area contributed by atoms with Crippen LogP contribution in [0.3, 0.4) is 0 Å². The van der Waals surface area contributed by atoms with Crippen LogP contribution in [0, 0.1) is 17.8 Å². The van der Waals surface area contributed by atoms with Gasteiger partial charge in [0.2, 0.25) is 5.91 Å². The van der Waals surface area contributed by atoms with E-state index >= 15 is 0 Å². The molecule has 2 saturated carbocycles. The maximum absolute atomic E-state index is 13.2. The van der Waals surface area contributed by atoms with E-state index in [-0.39, 0.29) is 23.2 Å². The molecule has 5 atom stereocenters. The largest absolute Gasteiger partial charge is 0.496 e. The topological polar surface area (TPSA) is 60.8 Å². The first-order valence-corrected chi connectivity index (χ1v) is 13.2. The molecule has 4 aliphatic rings. The quantitative estimate of drug-likeness (QED) is 0.682. The molecular weight excluding hydrogens is 444 g/mol. The third-order valence-corrected chi connectivity index (χ3v) is 10.6. The van der Waals surface area contributed by atoms with Gasteiger partial charge in [-0.3, -0.25) is 14.2 Å². The van der Waals surface area contributed by atoms with Crippen molar-refractivity contribution in [3.8, 4) is 5.75 Å². The highest BCUT2D eigenvalue weighted by atomic mass is 32.2. The van der Waals surface area contributed by atoms with Crippen LogP contribution in [0.5, 0.6) is 5.75 Å². The Morgan fingerprint density at radius 1 is 1.19 bits per heavy atom. The second kappa shape index (κ2) is 8.22. The third-order valence-electron chi connectivity index (χ3n) is 7.82. The molecule has 0 spiro atoms. The Labute approximate surface area is 195 Å². The fourth-order valence-electron chi connectivity index (χ4n) is 6.41. The van der Waals surface area contributed by atoms with Crippen LogP contribution in [0.2, 0.25) is 0 Å². The van der Waals surface area contributed by atoms with E-state index in [4.69, 9.17) is 9.47 Å². The summed E-state index contributed by atoms with van der Waals surface area (Å²) in [6, 6.07) is 8.28. The molecular formula is C24H28N2O4S2. The maximum Gasteiger partial charge on any atom is 0.308 e. The van der Waals surface area contributed by atoms with Crippen molar-refractivity contribution in [3.63, 3.8) is 0 Å². The predicted octanol–water partition coefficient (Wildman–Crippen LogP) is 3.43. The Morgan fingerprint density at radius 3 is 2.78 bits per heavy atom. The lowest BCUT2D eigenvalue weighted by molar-refractivity contribution is -0.136. The summed E-state index contributed by atoms with van der Waals surface area (Å²) in [4.78, 5) is 29.1. The number of rotatable bonds is 4. The van der Waals surface area contributed by atoms with Crippen LogP contribution in [0.25, 0.3) is 0 Å². The van der Waals surface area contributed by atoms with Crippen molar-refractivity contribution in [2.45, 2.75) is 42.0 Å². The Kier molecular flexibility index (Phi) is 5.35. The molecule has 170 valence electrons. The first-order valence-electron chi connectivity index (χ1n) is 11.5. The van der Waals surface area contributed by atoms with Crippen molar-refractivity contribution in [3.05, 3.63) is 44.4 Å². The van der Waals surface area contributed by atoms with Crippen LogP contribution in [0.4, 0.5) is 0 Å². The van der Waals surface area contributed by atoms with Crippen LogP contribution >= 0.6 is 23.1 Å². The number of nitrogens with zero attached hydrogens (tertiary/aromatic N) is 2. The molecule has 0 radical (unpaired) electrons. The van der Waals surface area contributed by atoms with E-state index in [1.165, 1.54) is 36.2 Å². The van der Waals surface area contributed by atoms with Crippen molar-refractivity contribution < 1.29 is 14.3 Å². The van der Waals surface area contributed by atoms with E-state index in [0.717, 1.165) is 15.7 Å². The smallest absolute Gasteiger partial charge is 0.308 e. The number of ether oxygens (including phenoxy) is 2. The summed E-state index contributed by atoms with van der Waals surface area (Å²) >= 11 is 3.22. The highest BCUT2D eigenvalue weighted by Gasteiger charge is 2.55. The first-order chi connectivity index (χ1) is 15.7. The number of para-hydroxylation sites is 1. The van der Waals surface area contributed by atoms with Crippen LogP contribution in [-0.4, -0.2) is 54.0 Å². The highest BCUT2D eigenvalue weighted by Crippen LogP contribution is 2.64. The average molecular weight is 473 g/mol. The second-order valence-corrected chi connectivity index (χ2v) is 11.5. The molecule has 2 aliphatic heterocycles. The van der Waals surface area contributed by atoms with E-state index in [9.17, 15) is 9.59 Å². The minimum Gasteiger partial charge on any atom is -0.496 e. The summed E-state index contributed by atoms with van der Waals surface area (Å²) in [5.74, 6) is 3.03. The normalized spacial score (nSPS) is 30.8. The summed E-state index contributed by atoms with van der Waals surface area (Å²) < 4.78 is 12.9. The lowest BCUT2D eigenvalue weighted by atomic mass is 9.74.